The summed E-state index contributed by atoms with van der Waals surface area (Å²) >= 11 is 3.56. The van der Waals surface area contributed by atoms with Crippen molar-refractivity contribution < 1.29 is 4.79 Å². The Morgan fingerprint density at radius 3 is 2.54 bits per heavy atom. The SMILES string of the molecule is CCCN(CC(=O)c1c(N)n(CCC)c(=O)[nH]c1=O)C(C)c1ccccc1Br. The van der Waals surface area contributed by atoms with E-state index in [0.29, 0.717) is 19.5 Å². The summed E-state index contributed by atoms with van der Waals surface area (Å²) in [6.07, 6.45) is 1.51. The van der Waals surface area contributed by atoms with Crippen LogP contribution in [0.1, 0.15) is 55.6 Å². The molecule has 152 valence electrons. The Kier molecular flexibility index (Phi) is 7.77. The van der Waals surface area contributed by atoms with E-state index in [9.17, 15) is 14.4 Å². The van der Waals surface area contributed by atoms with Crippen LogP contribution in [0.4, 0.5) is 5.82 Å². The number of benzene rings is 1. The molecule has 0 aliphatic carbocycles. The molecule has 8 heteroatoms. The van der Waals surface area contributed by atoms with Gasteiger partial charge in [-0.05, 0) is 37.9 Å². The van der Waals surface area contributed by atoms with E-state index in [1.54, 1.807) is 0 Å². The second kappa shape index (κ2) is 9.84. The first-order valence-corrected chi connectivity index (χ1v) is 10.2. The second-order valence-electron chi connectivity index (χ2n) is 6.76. The maximum absolute atomic E-state index is 13.0. The third kappa shape index (κ3) is 4.80. The van der Waals surface area contributed by atoms with Crippen molar-refractivity contribution in [2.75, 3.05) is 18.8 Å². The molecule has 0 saturated carbocycles. The Hall–Kier alpha value is -2.19. The molecule has 1 aromatic carbocycles. The fourth-order valence-corrected chi connectivity index (χ4v) is 3.89. The van der Waals surface area contributed by atoms with Crippen LogP contribution in [-0.2, 0) is 6.54 Å². The quantitative estimate of drug-likeness (QED) is 0.571. The summed E-state index contributed by atoms with van der Waals surface area (Å²) in [7, 11) is 0. The van der Waals surface area contributed by atoms with Gasteiger partial charge in [0.05, 0.1) is 6.54 Å². The predicted octanol–water partition coefficient (Wildman–Crippen LogP) is 2.95. The van der Waals surface area contributed by atoms with Gasteiger partial charge < -0.3 is 5.73 Å². The van der Waals surface area contributed by atoms with Crippen LogP contribution in [0.15, 0.2) is 38.3 Å². The van der Waals surface area contributed by atoms with E-state index in [1.165, 1.54) is 4.57 Å². The summed E-state index contributed by atoms with van der Waals surface area (Å²) in [6.45, 7) is 7.00. The number of aromatic nitrogens is 2. The molecule has 7 nitrogen and oxygen atoms in total. The fraction of sp³-hybridized carbons (Fsp3) is 0.450. The van der Waals surface area contributed by atoms with Gasteiger partial charge in [-0.15, -0.1) is 0 Å². The Balaban J connectivity index is 2.38. The molecular formula is C20H27BrN4O3. The van der Waals surface area contributed by atoms with E-state index in [4.69, 9.17) is 5.73 Å². The number of hydrogen-bond donors (Lipinski definition) is 2. The number of carbonyl (C=O) groups is 1. The van der Waals surface area contributed by atoms with Crippen LogP contribution < -0.4 is 17.0 Å². The molecular weight excluding hydrogens is 424 g/mol. The highest BCUT2D eigenvalue weighted by atomic mass is 79.9. The minimum absolute atomic E-state index is 0.0357. The molecule has 1 heterocycles. The van der Waals surface area contributed by atoms with Gasteiger partial charge >= 0.3 is 5.69 Å². The Morgan fingerprint density at radius 2 is 1.93 bits per heavy atom. The van der Waals surface area contributed by atoms with E-state index >= 15 is 0 Å². The van der Waals surface area contributed by atoms with E-state index in [0.717, 1.165) is 16.5 Å². The lowest BCUT2D eigenvalue weighted by Crippen LogP contribution is -2.40. The van der Waals surface area contributed by atoms with Crippen LogP contribution in [0.2, 0.25) is 0 Å². The number of Topliss-reactive ketones (excluding diaryl/α,β-unsaturated/α-hetero) is 1. The third-order valence-electron chi connectivity index (χ3n) is 4.73. The van der Waals surface area contributed by atoms with Crippen molar-refractivity contribution in [3.63, 3.8) is 0 Å². The highest BCUT2D eigenvalue weighted by molar-refractivity contribution is 9.10. The molecule has 1 atom stereocenters. The van der Waals surface area contributed by atoms with Crippen molar-refractivity contribution in [3.05, 3.63) is 60.7 Å². The van der Waals surface area contributed by atoms with Gasteiger partial charge in [0, 0.05) is 17.1 Å². The van der Waals surface area contributed by atoms with Gasteiger partial charge in [0.15, 0.2) is 5.78 Å². The minimum Gasteiger partial charge on any atom is -0.384 e. The van der Waals surface area contributed by atoms with Crippen molar-refractivity contribution in [2.45, 2.75) is 46.2 Å². The average Bonchev–Trinajstić information content (AvgIpc) is 2.64. The molecule has 0 aliphatic heterocycles. The minimum atomic E-state index is -0.732. The average molecular weight is 451 g/mol. The molecule has 0 saturated heterocycles. The molecule has 1 aromatic heterocycles. The molecule has 3 N–H and O–H groups in total. The number of nitrogens with one attached hydrogen (secondary N) is 1. The number of H-pyrrole nitrogens is 1. The molecule has 2 aromatic rings. The normalized spacial score (nSPS) is 12.3. The van der Waals surface area contributed by atoms with E-state index in [2.05, 4.69) is 20.9 Å². The molecule has 0 radical (unpaired) electrons. The van der Waals surface area contributed by atoms with Gasteiger partial charge in [-0.1, -0.05) is 48.0 Å². The standard InChI is InChI=1S/C20H27BrN4O3/c1-4-10-24(13(3)14-8-6-7-9-15(14)21)12-16(26)17-18(22)25(11-5-2)20(28)23-19(17)27/h6-9,13H,4-5,10-12,22H2,1-3H3,(H,23,27,28). The predicted molar refractivity (Wildman–Crippen MR) is 115 cm³/mol. The van der Waals surface area contributed by atoms with Gasteiger partial charge in [0.2, 0.25) is 0 Å². The van der Waals surface area contributed by atoms with E-state index < -0.39 is 17.0 Å². The summed E-state index contributed by atoms with van der Waals surface area (Å²) < 4.78 is 2.21. The summed E-state index contributed by atoms with van der Waals surface area (Å²) in [5.41, 5.74) is 5.62. The van der Waals surface area contributed by atoms with Crippen LogP contribution in [0.25, 0.3) is 0 Å². The van der Waals surface area contributed by atoms with Crippen molar-refractivity contribution in [1.82, 2.24) is 14.5 Å². The van der Waals surface area contributed by atoms with Crippen LogP contribution >= 0.6 is 15.9 Å². The number of aromatic amines is 1. The lowest BCUT2D eigenvalue weighted by Gasteiger charge is -2.29. The molecule has 0 bridgehead atoms. The fourth-order valence-electron chi connectivity index (χ4n) is 3.27. The second-order valence-corrected chi connectivity index (χ2v) is 7.62. The molecule has 0 fully saturated rings. The first-order valence-electron chi connectivity index (χ1n) is 9.46. The Morgan fingerprint density at radius 1 is 1.25 bits per heavy atom. The number of ketones is 1. The van der Waals surface area contributed by atoms with Crippen LogP contribution in [0.5, 0.6) is 0 Å². The van der Waals surface area contributed by atoms with Gasteiger partial charge in [-0.3, -0.25) is 24.0 Å². The highest BCUT2D eigenvalue weighted by Crippen LogP contribution is 2.27. The van der Waals surface area contributed by atoms with Crippen molar-refractivity contribution in [3.8, 4) is 0 Å². The smallest absolute Gasteiger partial charge is 0.329 e. The topological polar surface area (TPSA) is 101 Å². The number of nitrogen functional groups attached to an aromatic ring is 1. The first-order chi connectivity index (χ1) is 13.3. The lowest BCUT2D eigenvalue weighted by atomic mass is 10.1. The zero-order valence-electron chi connectivity index (χ0n) is 16.5. The number of rotatable bonds is 9. The summed E-state index contributed by atoms with van der Waals surface area (Å²) in [5.74, 6) is -0.457. The van der Waals surface area contributed by atoms with Crippen LogP contribution in [-0.4, -0.2) is 33.3 Å². The van der Waals surface area contributed by atoms with Crippen molar-refractivity contribution in [1.29, 1.82) is 0 Å². The maximum atomic E-state index is 13.0. The van der Waals surface area contributed by atoms with Gasteiger partial charge in [-0.25, -0.2) is 4.79 Å². The highest BCUT2D eigenvalue weighted by Gasteiger charge is 2.24. The van der Waals surface area contributed by atoms with Gasteiger partial charge in [0.25, 0.3) is 5.56 Å². The number of halogens is 1. The molecule has 28 heavy (non-hydrogen) atoms. The maximum Gasteiger partial charge on any atom is 0.329 e. The molecule has 0 aliphatic rings. The van der Waals surface area contributed by atoms with Crippen LogP contribution in [0.3, 0.4) is 0 Å². The number of nitrogens with zero attached hydrogens (tertiary/aromatic N) is 2. The first kappa shape index (κ1) is 22.1. The number of hydrogen-bond acceptors (Lipinski definition) is 5. The number of nitrogens with two attached hydrogens (primary N) is 1. The Bertz CT molecular complexity index is 951. The van der Waals surface area contributed by atoms with Gasteiger partial charge in [0.1, 0.15) is 11.4 Å². The molecule has 1 unspecified atom stereocenters. The van der Waals surface area contributed by atoms with Gasteiger partial charge in [-0.2, -0.15) is 0 Å². The number of anilines is 1. The Labute approximate surface area is 172 Å². The van der Waals surface area contributed by atoms with Crippen molar-refractivity contribution >= 4 is 27.5 Å². The number of carbonyl (C=O) groups excluding carboxylic acids is 1. The van der Waals surface area contributed by atoms with E-state index in [-0.39, 0.29) is 24.0 Å². The lowest BCUT2D eigenvalue weighted by molar-refractivity contribution is 0.0896. The summed E-state index contributed by atoms with van der Waals surface area (Å²) in [6, 6.07) is 7.81. The summed E-state index contributed by atoms with van der Waals surface area (Å²) in [5, 5.41) is 0. The third-order valence-corrected chi connectivity index (χ3v) is 5.45. The van der Waals surface area contributed by atoms with E-state index in [1.807, 2.05) is 49.9 Å². The molecule has 0 amide bonds. The zero-order chi connectivity index (χ0) is 20.8. The largest absolute Gasteiger partial charge is 0.384 e. The molecule has 0 spiro atoms. The van der Waals surface area contributed by atoms with Crippen LogP contribution in [0, 0.1) is 0 Å². The summed E-state index contributed by atoms with van der Waals surface area (Å²) in [4.78, 5) is 41.5. The monoisotopic (exact) mass is 450 g/mol. The van der Waals surface area contributed by atoms with Crippen molar-refractivity contribution in [2.24, 2.45) is 0 Å². The zero-order valence-corrected chi connectivity index (χ0v) is 18.1. The molecule has 2 rings (SSSR count).